The van der Waals surface area contributed by atoms with E-state index in [-0.39, 0.29) is 0 Å². The van der Waals surface area contributed by atoms with E-state index < -0.39 is 11.6 Å². The Morgan fingerprint density at radius 3 is 1.92 bits per heavy atom. The molecule has 0 aliphatic heterocycles. The lowest BCUT2D eigenvalue weighted by atomic mass is 9.76. The van der Waals surface area contributed by atoms with Crippen LogP contribution in [0, 0.1) is 17.6 Å². The van der Waals surface area contributed by atoms with Crippen LogP contribution in [0.4, 0.5) is 8.78 Å². The maximum atomic E-state index is 14.7. The van der Waals surface area contributed by atoms with Crippen molar-refractivity contribution in [1.29, 1.82) is 0 Å². The van der Waals surface area contributed by atoms with Crippen LogP contribution in [0.1, 0.15) is 92.9 Å². The normalized spacial score (nSPS) is 17.6. The number of benzene rings is 3. The summed E-state index contributed by atoms with van der Waals surface area (Å²) in [4.78, 5) is 0. The van der Waals surface area contributed by atoms with Crippen LogP contribution in [-0.2, 0) is 19.3 Å². The Hall–Kier alpha value is -2.74. The van der Waals surface area contributed by atoms with Crippen LogP contribution in [0.25, 0.3) is 11.1 Å². The number of unbranched alkanes of at least 4 members (excludes halogenated alkanes) is 2. The van der Waals surface area contributed by atoms with Gasteiger partial charge in [-0.05, 0) is 109 Å². The van der Waals surface area contributed by atoms with Gasteiger partial charge >= 0.3 is 0 Å². The Labute approximate surface area is 222 Å². The van der Waals surface area contributed by atoms with E-state index in [1.54, 1.807) is 6.07 Å². The molecule has 0 saturated heterocycles. The molecule has 1 fully saturated rings. The summed E-state index contributed by atoms with van der Waals surface area (Å²) in [5, 5.41) is 0. The van der Waals surface area contributed by atoms with E-state index in [0.29, 0.717) is 35.8 Å². The van der Waals surface area contributed by atoms with E-state index in [9.17, 15) is 8.78 Å². The molecule has 0 heterocycles. The Bertz CT molecular complexity index is 1120. The highest BCUT2D eigenvalue weighted by atomic mass is 19.2. The second kappa shape index (κ2) is 13.7. The van der Waals surface area contributed by atoms with E-state index in [0.717, 1.165) is 51.4 Å². The van der Waals surface area contributed by atoms with Crippen LogP contribution in [-0.4, -0.2) is 0 Å². The highest BCUT2D eigenvalue weighted by Crippen LogP contribution is 2.38. The summed E-state index contributed by atoms with van der Waals surface area (Å²) in [6.45, 7) is 5.93. The van der Waals surface area contributed by atoms with Gasteiger partial charge in [0.1, 0.15) is 0 Å². The fourth-order valence-corrected chi connectivity index (χ4v) is 5.81. The minimum Gasteiger partial charge on any atom is -0.203 e. The zero-order valence-corrected chi connectivity index (χ0v) is 22.5. The lowest BCUT2D eigenvalue weighted by Crippen LogP contribution is -2.14. The number of halogens is 2. The molecule has 0 unspecified atom stereocenters. The molecule has 1 aliphatic rings. The van der Waals surface area contributed by atoms with Crippen molar-refractivity contribution in [2.45, 2.75) is 89.9 Å². The van der Waals surface area contributed by atoms with E-state index >= 15 is 0 Å². The summed E-state index contributed by atoms with van der Waals surface area (Å²) in [6, 6.07) is 21.6. The zero-order chi connectivity index (χ0) is 26.0. The van der Waals surface area contributed by atoms with Crippen molar-refractivity contribution in [2.24, 2.45) is 5.92 Å². The van der Waals surface area contributed by atoms with Crippen molar-refractivity contribution in [2.75, 3.05) is 0 Å². The fraction of sp³-hybridized carbons (Fsp3) is 0.429. The van der Waals surface area contributed by atoms with Crippen LogP contribution in [0.15, 0.2) is 73.3 Å². The van der Waals surface area contributed by atoms with Crippen molar-refractivity contribution in [3.8, 4) is 11.1 Å². The molecule has 0 radical (unpaired) electrons. The molecule has 196 valence electrons. The number of rotatable bonds is 12. The van der Waals surface area contributed by atoms with Crippen molar-refractivity contribution >= 4 is 0 Å². The van der Waals surface area contributed by atoms with Gasteiger partial charge in [0.25, 0.3) is 0 Å². The second-order valence-electron chi connectivity index (χ2n) is 10.9. The molecule has 0 amide bonds. The average Bonchev–Trinajstić information content (AvgIpc) is 2.94. The van der Waals surface area contributed by atoms with E-state index in [4.69, 9.17) is 0 Å². The SMILES string of the molecule is C=CCCc1ccc(-c2ccc(C3CCC(CCc4ccc(CCCCC)c(F)c4F)CC3)cc2)cc1. The summed E-state index contributed by atoms with van der Waals surface area (Å²) in [7, 11) is 0. The molecule has 3 aromatic carbocycles. The first kappa shape index (κ1) is 27.3. The molecular formula is C35H42F2. The Balaban J connectivity index is 1.26. The zero-order valence-electron chi connectivity index (χ0n) is 22.5. The van der Waals surface area contributed by atoms with Crippen molar-refractivity contribution in [1.82, 2.24) is 0 Å². The third-order valence-electron chi connectivity index (χ3n) is 8.27. The highest BCUT2D eigenvalue weighted by Gasteiger charge is 2.23. The summed E-state index contributed by atoms with van der Waals surface area (Å²) < 4.78 is 29.2. The van der Waals surface area contributed by atoms with Crippen molar-refractivity contribution in [3.63, 3.8) is 0 Å². The quantitative estimate of drug-likeness (QED) is 0.171. The van der Waals surface area contributed by atoms with Gasteiger partial charge in [-0.25, -0.2) is 8.78 Å². The molecule has 0 atom stereocenters. The summed E-state index contributed by atoms with van der Waals surface area (Å²) in [5.41, 5.74) is 6.37. The van der Waals surface area contributed by atoms with Gasteiger partial charge in [0.05, 0.1) is 0 Å². The third kappa shape index (κ3) is 7.40. The average molecular weight is 501 g/mol. The van der Waals surface area contributed by atoms with Gasteiger partial charge in [-0.1, -0.05) is 86.5 Å². The fourth-order valence-electron chi connectivity index (χ4n) is 5.81. The van der Waals surface area contributed by atoms with Gasteiger partial charge in [-0.15, -0.1) is 6.58 Å². The van der Waals surface area contributed by atoms with E-state index in [1.165, 1.54) is 35.1 Å². The minimum absolute atomic E-state index is 0.529. The van der Waals surface area contributed by atoms with Crippen LogP contribution in [0.5, 0.6) is 0 Å². The van der Waals surface area contributed by atoms with Gasteiger partial charge in [-0.3, -0.25) is 0 Å². The Kier molecular flexibility index (Phi) is 10.1. The molecule has 3 aromatic rings. The first-order chi connectivity index (χ1) is 18.1. The van der Waals surface area contributed by atoms with Crippen molar-refractivity contribution in [3.05, 3.63) is 107 Å². The molecule has 4 rings (SSSR count). The number of allylic oxidation sites excluding steroid dienone is 1. The van der Waals surface area contributed by atoms with Crippen LogP contribution in [0.2, 0.25) is 0 Å². The number of hydrogen-bond acceptors (Lipinski definition) is 0. The Morgan fingerprint density at radius 2 is 1.32 bits per heavy atom. The van der Waals surface area contributed by atoms with Gasteiger partial charge in [-0.2, -0.15) is 0 Å². The molecule has 37 heavy (non-hydrogen) atoms. The molecule has 0 N–H and O–H groups in total. The minimum atomic E-state index is -0.621. The molecular weight excluding hydrogens is 458 g/mol. The molecule has 0 nitrogen and oxygen atoms in total. The summed E-state index contributed by atoms with van der Waals surface area (Å²) in [6.07, 6.45) is 14.0. The maximum absolute atomic E-state index is 14.7. The molecule has 0 aromatic heterocycles. The first-order valence-electron chi connectivity index (χ1n) is 14.3. The first-order valence-corrected chi connectivity index (χ1v) is 14.3. The van der Waals surface area contributed by atoms with Gasteiger partial charge in [0, 0.05) is 0 Å². The van der Waals surface area contributed by atoms with Crippen LogP contribution in [0.3, 0.4) is 0 Å². The lowest BCUT2D eigenvalue weighted by molar-refractivity contribution is 0.309. The molecule has 0 bridgehead atoms. The molecule has 0 spiro atoms. The molecule has 1 saturated carbocycles. The lowest BCUT2D eigenvalue weighted by Gasteiger charge is -2.29. The van der Waals surface area contributed by atoms with Gasteiger partial charge in [0.15, 0.2) is 11.6 Å². The standard InChI is InChI=1S/C35H42F2/c1-3-5-7-9-32-24-25-33(35(37)34(32)36)19-14-27-12-17-29(18-13-27)31-22-20-30(21-23-31)28-15-10-26(11-16-28)8-6-4-2/h4,10-11,15-16,20-25,27,29H,2-3,5-9,12-14,17-19H2,1H3. The maximum Gasteiger partial charge on any atom is 0.162 e. The van der Waals surface area contributed by atoms with E-state index in [1.807, 2.05) is 12.1 Å². The van der Waals surface area contributed by atoms with Crippen molar-refractivity contribution < 1.29 is 8.78 Å². The topological polar surface area (TPSA) is 0 Å². The smallest absolute Gasteiger partial charge is 0.162 e. The Morgan fingerprint density at radius 1 is 0.730 bits per heavy atom. The van der Waals surface area contributed by atoms with Gasteiger partial charge < -0.3 is 0 Å². The largest absolute Gasteiger partial charge is 0.203 e. The highest BCUT2D eigenvalue weighted by molar-refractivity contribution is 5.64. The summed E-state index contributed by atoms with van der Waals surface area (Å²) in [5.74, 6) is -0.0384. The third-order valence-corrected chi connectivity index (χ3v) is 8.27. The van der Waals surface area contributed by atoms with E-state index in [2.05, 4.69) is 62.0 Å². The van der Waals surface area contributed by atoms with Crippen LogP contribution < -0.4 is 0 Å². The monoisotopic (exact) mass is 500 g/mol. The second-order valence-corrected chi connectivity index (χ2v) is 10.9. The van der Waals surface area contributed by atoms with Crippen LogP contribution >= 0.6 is 0 Å². The predicted octanol–water partition coefficient (Wildman–Crippen LogP) is 10.4. The predicted molar refractivity (Wildman–Crippen MR) is 153 cm³/mol. The van der Waals surface area contributed by atoms with Gasteiger partial charge in [0.2, 0.25) is 0 Å². The molecule has 1 aliphatic carbocycles. The number of aryl methyl sites for hydroxylation is 3. The summed E-state index contributed by atoms with van der Waals surface area (Å²) >= 11 is 0. The number of hydrogen-bond donors (Lipinski definition) is 0. The molecule has 2 heteroatoms.